The van der Waals surface area contributed by atoms with Crippen molar-refractivity contribution in [3.8, 4) is 0 Å². The molecule has 2 heterocycles. The summed E-state index contributed by atoms with van der Waals surface area (Å²) in [5.41, 5.74) is 0. The number of thioether (sulfide) groups is 2. The number of nitrogens with zero attached hydrogens (tertiary/aromatic N) is 2. The van der Waals surface area contributed by atoms with Crippen LogP contribution in [0.15, 0.2) is 20.9 Å². The Balaban J connectivity index is 0.00000242. The van der Waals surface area contributed by atoms with Crippen LogP contribution in [0.3, 0.4) is 0 Å². The molecule has 1 atom stereocenters. The third kappa shape index (κ3) is 8.26. The molecule has 0 bridgehead atoms. The van der Waals surface area contributed by atoms with E-state index in [0.717, 1.165) is 47.4 Å². The van der Waals surface area contributed by atoms with Crippen LogP contribution in [-0.2, 0) is 0 Å². The maximum atomic E-state index is 4.70. The van der Waals surface area contributed by atoms with Crippen molar-refractivity contribution in [2.45, 2.75) is 35.8 Å². The maximum absolute atomic E-state index is 4.70. The van der Waals surface area contributed by atoms with E-state index in [4.69, 9.17) is 4.99 Å². The summed E-state index contributed by atoms with van der Waals surface area (Å²) < 4.78 is 1.16. The van der Waals surface area contributed by atoms with Crippen LogP contribution in [0.1, 0.15) is 26.2 Å². The molecule has 0 amide bonds. The molecule has 4 nitrogen and oxygen atoms in total. The van der Waals surface area contributed by atoms with Crippen molar-refractivity contribution in [2.24, 2.45) is 4.99 Å². The molecule has 1 aliphatic heterocycles. The Morgan fingerprint density at radius 2 is 2.41 bits per heavy atom. The van der Waals surface area contributed by atoms with Gasteiger partial charge in [0, 0.05) is 35.7 Å². The molecule has 0 aromatic carbocycles. The highest BCUT2D eigenvalue weighted by atomic mass is 127. The van der Waals surface area contributed by atoms with Crippen molar-refractivity contribution >= 4 is 64.8 Å². The second kappa shape index (κ2) is 12.7. The normalized spacial score (nSPS) is 18.0. The molecule has 0 saturated carbocycles. The number of thiazole rings is 1. The van der Waals surface area contributed by atoms with Crippen LogP contribution in [0.25, 0.3) is 0 Å². The first kappa shape index (κ1) is 20.4. The number of guanidine groups is 1. The quantitative estimate of drug-likeness (QED) is 0.199. The lowest BCUT2D eigenvalue weighted by molar-refractivity contribution is 0.757. The second-order valence-electron chi connectivity index (χ2n) is 4.78. The summed E-state index contributed by atoms with van der Waals surface area (Å²) in [6.07, 6.45) is 5.65. The first-order valence-corrected chi connectivity index (χ1v) is 10.5. The molecule has 1 aromatic rings. The third-order valence-corrected chi connectivity index (χ3v) is 6.50. The van der Waals surface area contributed by atoms with Gasteiger partial charge in [0.05, 0.1) is 6.54 Å². The van der Waals surface area contributed by atoms with Crippen molar-refractivity contribution < 1.29 is 0 Å². The minimum Gasteiger partial charge on any atom is -0.357 e. The van der Waals surface area contributed by atoms with Crippen molar-refractivity contribution in [1.29, 1.82) is 0 Å². The zero-order valence-electron chi connectivity index (χ0n) is 12.9. The van der Waals surface area contributed by atoms with E-state index in [1.807, 2.05) is 23.3 Å². The molecule has 1 aliphatic rings. The average Bonchev–Trinajstić information content (AvgIpc) is 3.17. The molecular formula is C14H25IN4S3. The van der Waals surface area contributed by atoms with Gasteiger partial charge in [-0.15, -0.1) is 35.3 Å². The van der Waals surface area contributed by atoms with Gasteiger partial charge in [-0.05, 0) is 31.9 Å². The standard InChI is InChI=1S/C14H24N4S3.HI/c1-2-15-13(18-11-12-5-3-8-19-12)16-6-4-9-20-14-17-7-10-21-14;/h7,10,12H,2-6,8-9,11H2,1H3,(H2,15,16,18);1H. The summed E-state index contributed by atoms with van der Waals surface area (Å²) in [7, 11) is 0. The van der Waals surface area contributed by atoms with Gasteiger partial charge in [-0.3, -0.25) is 4.99 Å². The van der Waals surface area contributed by atoms with Crippen LogP contribution >= 0.6 is 58.8 Å². The minimum atomic E-state index is 0. The second-order valence-corrected chi connectivity index (χ2v) is 8.43. The SMILES string of the molecule is CCNC(=NCC1CCCS1)NCCCSc1nccs1.I. The van der Waals surface area contributed by atoms with Crippen LogP contribution < -0.4 is 10.6 Å². The van der Waals surface area contributed by atoms with E-state index >= 15 is 0 Å². The van der Waals surface area contributed by atoms with E-state index < -0.39 is 0 Å². The number of aromatic nitrogens is 1. The molecule has 8 heteroatoms. The van der Waals surface area contributed by atoms with E-state index in [2.05, 4.69) is 34.3 Å². The van der Waals surface area contributed by atoms with Crippen LogP contribution in [0.5, 0.6) is 0 Å². The van der Waals surface area contributed by atoms with Gasteiger partial charge in [-0.2, -0.15) is 11.8 Å². The molecular weight excluding hydrogens is 447 g/mol. The summed E-state index contributed by atoms with van der Waals surface area (Å²) in [6, 6.07) is 0. The van der Waals surface area contributed by atoms with Gasteiger partial charge in [-0.1, -0.05) is 11.8 Å². The first-order valence-electron chi connectivity index (χ1n) is 7.54. The molecule has 22 heavy (non-hydrogen) atoms. The Hall–Kier alpha value is 0.330. The lowest BCUT2D eigenvalue weighted by Crippen LogP contribution is -2.38. The number of hydrogen-bond acceptors (Lipinski definition) is 5. The van der Waals surface area contributed by atoms with E-state index in [1.165, 1.54) is 18.6 Å². The Morgan fingerprint density at radius 3 is 3.09 bits per heavy atom. The third-order valence-electron chi connectivity index (χ3n) is 3.07. The summed E-state index contributed by atoms with van der Waals surface area (Å²) in [6.45, 7) is 4.92. The van der Waals surface area contributed by atoms with Crippen LogP contribution in [-0.4, -0.2) is 47.3 Å². The zero-order chi connectivity index (χ0) is 14.8. The summed E-state index contributed by atoms with van der Waals surface area (Å²) >= 11 is 5.60. The monoisotopic (exact) mass is 472 g/mol. The Kier molecular flexibility index (Phi) is 11.8. The van der Waals surface area contributed by atoms with Gasteiger partial charge < -0.3 is 10.6 Å². The lowest BCUT2D eigenvalue weighted by Gasteiger charge is -2.12. The van der Waals surface area contributed by atoms with Crippen LogP contribution in [0, 0.1) is 0 Å². The maximum Gasteiger partial charge on any atom is 0.191 e. The fourth-order valence-corrected chi connectivity index (χ4v) is 4.87. The predicted octanol–water partition coefficient (Wildman–Crippen LogP) is 3.69. The smallest absolute Gasteiger partial charge is 0.191 e. The van der Waals surface area contributed by atoms with E-state index in [9.17, 15) is 0 Å². The van der Waals surface area contributed by atoms with Crippen LogP contribution in [0.4, 0.5) is 0 Å². The summed E-state index contributed by atoms with van der Waals surface area (Å²) in [5.74, 6) is 3.36. The van der Waals surface area contributed by atoms with Gasteiger partial charge in [0.25, 0.3) is 0 Å². The minimum absolute atomic E-state index is 0. The Morgan fingerprint density at radius 1 is 1.50 bits per heavy atom. The number of hydrogen-bond donors (Lipinski definition) is 2. The molecule has 1 saturated heterocycles. The van der Waals surface area contributed by atoms with Crippen molar-refractivity contribution in [3.05, 3.63) is 11.6 Å². The lowest BCUT2D eigenvalue weighted by atomic mass is 10.2. The molecule has 0 radical (unpaired) electrons. The molecule has 0 aliphatic carbocycles. The summed E-state index contributed by atoms with van der Waals surface area (Å²) in [4.78, 5) is 8.97. The molecule has 1 fully saturated rings. The zero-order valence-corrected chi connectivity index (χ0v) is 17.7. The fourth-order valence-electron chi connectivity index (χ4n) is 2.04. The highest BCUT2D eigenvalue weighted by Gasteiger charge is 2.14. The highest BCUT2D eigenvalue weighted by Crippen LogP contribution is 2.26. The molecule has 126 valence electrons. The molecule has 1 unspecified atom stereocenters. The Bertz CT molecular complexity index is 408. The average molecular weight is 472 g/mol. The topological polar surface area (TPSA) is 49.3 Å². The van der Waals surface area contributed by atoms with Crippen LogP contribution in [0.2, 0.25) is 0 Å². The summed E-state index contributed by atoms with van der Waals surface area (Å²) in [5, 5.41) is 9.50. The number of aliphatic imine (C=N–C) groups is 1. The van der Waals surface area contributed by atoms with Crippen molar-refractivity contribution in [3.63, 3.8) is 0 Å². The molecule has 2 N–H and O–H groups in total. The first-order chi connectivity index (χ1) is 10.4. The fraction of sp³-hybridized carbons (Fsp3) is 0.714. The Labute approximate surface area is 163 Å². The molecule has 1 aromatic heterocycles. The number of halogens is 1. The number of rotatable bonds is 8. The van der Waals surface area contributed by atoms with E-state index in [1.54, 1.807) is 11.3 Å². The van der Waals surface area contributed by atoms with E-state index in [-0.39, 0.29) is 24.0 Å². The van der Waals surface area contributed by atoms with E-state index in [0.29, 0.717) is 0 Å². The van der Waals surface area contributed by atoms with Gasteiger partial charge >= 0.3 is 0 Å². The van der Waals surface area contributed by atoms with Gasteiger partial charge in [0.1, 0.15) is 4.34 Å². The van der Waals surface area contributed by atoms with Crippen molar-refractivity contribution in [1.82, 2.24) is 15.6 Å². The molecule has 0 spiro atoms. The largest absolute Gasteiger partial charge is 0.357 e. The molecule has 2 rings (SSSR count). The van der Waals surface area contributed by atoms with Gasteiger partial charge in [0.2, 0.25) is 0 Å². The number of nitrogens with one attached hydrogen (secondary N) is 2. The highest BCUT2D eigenvalue weighted by molar-refractivity contribution is 14.0. The predicted molar refractivity (Wildman–Crippen MR) is 112 cm³/mol. The van der Waals surface area contributed by atoms with Crippen molar-refractivity contribution in [2.75, 3.05) is 31.1 Å². The van der Waals surface area contributed by atoms with Gasteiger partial charge in [0.15, 0.2) is 5.96 Å². The van der Waals surface area contributed by atoms with Gasteiger partial charge in [-0.25, -0.2) is 4.98 Å².